The van der Waals surface area contributed by atoms with Crippen molar-refractivity contribution in [3.8, 4) is 0 Å². The Morgan fingerprint density at radius 1 is 1.00 bits per heavy atom. The van der Waals surface area contributed by atoms with E-state index in [4.69, 9.17) is 5.10 Å². The highest BCUT2D eigenvalue weighted by atomic mass is 16.2. The molecule has 0 atom stereocenters. The van der Waals surface area contributed by atoms with Crippen LogP contribution in [0.25, 0.3) is 10.9 Å². The maximum atomic E-state index is 13.2. The molecule has 1 aromatic heterocycles. The van der Waals surface area contributed by atoms with Crippen LogP contribution in [0.5, 0.6) is 0 Å². The predicted molar refractivity (Wildman–Crippen MR) is 118 cm³/mol. The van der Waals surface area contributed by atoms with E-state index in [-0.39, 0.29) is 5.91 Å². The van der Waals surface area contributed by atoms with Crippen LogP contribution in [0.1, 0.15) is 68.4 Å². The number of hydrogen-bond donors (Lipinski definition) is 1. The Bertz CT molecular complexity index is 966. The maximum absolute atomic E-state index is 13.2. The zero-order valence-corrected chi connectivity index (χ0v) is 17.5. The van der Waals surface area contributed by atoms with E-state index >= 15 is 0 Å². The predicted octanol–water partition coefficient (Wildman–Crippen LogP) is 5.67. The standard InChI is InChI=1S/C25H31N3O/c1-25(2,20-14-8-5-9-15-20)26-24(29)23-21-16-10-11-17-22(21)28(27-23)18-19-12-6-3-4-7-13-19/h5,8-11,14-17,19H,3-4,6-7,12-13,18H2,1-2H3,(H,26,29). The number of rotatable bonds is 5. The van der Waals surface area contributed by atoms with E-state index in [0.717, 1.165) is 23.0 Å². The van der Waals surface area contributed by atoms with E-state index in [2.05, 4.69) is 16.1 Å². The van der Waals surface area contributed by atoms with Crippen molar-refractivity contribution in [2.45, 2.75) is 64.5 Å². The van der Waals surface area contributed by atoms with Gasteiger partial charge in [0.25, 0.3) is 5.91 Å². The highest BCUT2D eigenvalue weighted by molar-refractivity contribution is 6.05. The van der Waals surface area contributed by atoms with Gasteiger partial charge in [0.05, 0.1) is 11.1 Å². The lowest BCUT2D eigenvalue weighted by molar-refractivity contribution is 0.0907. The van der Waals surface area contributed by atoms with Gasteiger partial charge in [-0.3, -0.25) is 9.48 Å². The highest BCUT2D eigenvalue weighted by Crippen LogP contribution is 2.27. The quantitative estimate of drug-likeness (QED) is 0.571. The Labute approximate surface area is 173 Å². The first-order valence-corrected chi connectivity index (χ1v) is 10.9. The zero-order chi connectivity index (χ0) is 20.3. The van der Waals surface area contributed by atoms with Crippen molar-refractivity contribution in [2.24, 2.45) is 5.92 Å². The molecular formula is C25H31N3O. The van der Waals surface area contributed by atoms with Gasteiger partial charge in [0, 0.05) is 11.9 Å². The first-order valence-electron chi connectivity index (χ1n) is 10.9. The van der Waals surface area contributed by atoms with Gasteiger partial charge in [-0.2, -0.15) is 5.10 Å². The third-order valence-corrected chi connectivity index (χ3v) is 6.20. The molecule has 1 amide bonds. The van der Waals surface area contributed by atoms with Crippen molar-refractivity contribution in [1.29, 1.82) is 0 Å². The van der Waals surface area contributed by atoms with E-state index < -0.39 is 5.54 Å². The number of carbonyl (C=O) groups is 1. The normalized spacial score (nSPS) is 15.9. The molecule has 0 radical (unpaired) electrons. The van der Waals surface area contributed by atoms with Crippen LogP contribution in [-0.4, -0.2) is 15.7 Å². The van der Waals surface area contributed by atoms with E-state index in [9.17, 15) is 4.79 Å². The third kappa shape index (κ3) is 4.36. The van der Waals surface area contributed by atoms with Crippen LogP contribution in [0.4, 0.5) is 0 Å². The lowest BCUT2D eigenvalue weighted by Crippen LogP contribution is -2.41. The summed E-state index contributed by atoms with van der Waals surface area (Å²) in [6, 6.07) is 18.2. The monoisotopic (exact) mass is 389 g/mol. The van der Waals surface area contributed by atoms with Crippen LogP contribution in [0, 0.1) is 5.92 Å². The van der Waals surface area contributed by atoms with E-state index in [1.807, 2.05) is 62.4 Å². The number of para-hydroxylation sites is 1. The van der Waals surface area contributed by atoms with Crippen molar-refractivity contribution in [3.63, 3.8) is 0 Å². The molecule has 0 aliphatic heterocycles. The van der Waals surface area contributed by atoms with Gasteiger partial charge in [0.15, 0.2) is 5.69 Å². The molecule has 152 valence electrons. The summed E-state index contributed by atoms with van der Waals surface area (Å²) >= 11 is 0. The van der Waals surface area contributed by atoms with Crippen molar-refractivity contribution in [3.05, 3.63) is 65.9 Å². The number of benzene rings is 2. The van der Waals surface area contributed by atoms with Gasteiger partial charge in [-0.25, -0.2) is 0 Å². The average Bonchev–Trinajstić information content (AvgIpc) is 2.89. The maximum Gasteiger partial charge on any atom is 0.273 e. The molecule has 1 fully saturated rings. The fourth-order valence-corrected chi connectivity index (χ4v) is 4.50. The summed E-state index contributed by atoms with van der Waals surface area (Å²) in [4.78, 5) is 13.2. The first kappa shape index (κ1) is 19.7. The van der Waals surface area contributed by atoms with Crippen LogP contribution in [0.15, 0.2) is 54.6 Å². The minimum absolute atomic E-state index is 0.116. The molecule has 3 aromatic rings. The number of fused-ring (bicyclic) bond motifs is 1. The largest absolute Gasteiger partial charge is 0.342 e. The van der Waals surface area contributed by atoms with E-state index in [0.29, 0.717) is 11.6 Å². The molecule has 1 aliphatic carbocycles. The fraction of sp³-hybridized carbons (Fsp3) is 0.440. The first-order chi connectivity index (χ1) is 14.0. The van der Waals surface area contributed by atoms with Crippen LogP contribution in [-0.2, 0) is 12.1 Å². The molecule has 2 aromatic carbocycles. The molecule has 1 heterocycles. The Hall–Kier alpha value is -2.62. The Balaban J connectivity index is 1.61. The molecule has 4 heteroatoms. The smallest absolute Gasteiger partial charge is 0.273 e. The Morgan fingerprint density at radius 2 is 1.66 bits per heavy atom. The molecule has 0 unspecified atom stereocenters. The average molecular weight is 390 g/mol. The van der Waals surface area contributed by atoms with Crippen LogP contribution in [0.3, 0.4) is 0 Å². The zero-order valence-electron chi connectivity index (χ0n) is 17.5. The van der Waals surface area contributed by atoms with Gasteiger partial charge in [-0.05, 0) is 44.2 Å². The number of carbonyl (C=O) groups excluding carboxylic acids is 1. The molecule has 0 spiro atoms. The summed E-state index contributed by atoms with van der Waals surface area (Å²) in [7, 11) is 0. The lowest BCUT2D eigenvalue weighted by Gasteiger charge is -2.26. The van der Waals surface area contributed by atoms with Gasteiger partial charge in [0.2, 0.25) is 0 Å². The minimum atomic E-state index is -0.468. The summed E-state index contributed by atoms with van der Waals surface area (Å²) in [6.45, 7) is 4.96. The summed E-state index contributed by atoms with van der Waals surface area (Å²) in [5, 5.41) is 8.92. The van der Waals surface area contributed by atoms with Crippen LogP contribution in [0.2, 0.25) is 0 Å². The van der Waals surface area contributed by atoms with Gasteiger partial charge in [-0.15, -0.1) is 0 Å². The van der Waals surface area contributed by atoms with Crippen molar-refractivity contribution >= 4 is 16.8 Å². The topological polar surface area (TPSA) is 46.9 Å². The van der Waals surface area contributed by atoms with Crippen molar-refractivity contribution in [1.82, 2.24) is 15.1 Å². The molecule has 4 rings (SSSR count). The number of nitrogens with one attached hydrogen (secondary N) is 1. The van der Waals surface area contributed by atoms with Crippen LogP contribution < -0.4 is 5.32 Å². The molecule has 1 N–H and O–H groups in total. The summed E-state index contributed by atoms with van der Waals surface area (Å²) < 4.78 is 2.07. The number of aromatic nitrogens is 2. The summed E-state index contributed by atoms with van der Waals surface area (Å²) in [5.74, 6) is 0.534. The Morgan fingerprint density at radius 3 is 2.38 bits per heavy atom. The number of hydrogen-bond acceptors (Lipinski definition) is 2. The van der Waals surface area contributed by atoms with E-state index in [1.165, 1.54) is 38.5 Å². The molecule has 4 nitrogen and oxygen atoms in total. The molecule has 29 heavy (non-hydrogen) atoms. The molecule has 1 aliphatic rings. The molecule has 1 saturated carbocycles. The highest BCUT2D eigenvalue weighted by Gasteiger charge is 2.26. The second-order valence-corrected chi connectivity index (χ2v) is 8.85. The molecular weight excluding hydrogens is 358 g/mol. The SMILES string of the molecule is CC(C)(NC(=O)c1nn(CC2CCCCCC2)c2ccccc12)c1ccccc1. The summed E-state index contributed by atoms with van der Waals surface area (Å²) in [5.41, 5.74) is 2.19. The minimum Gasteiger partial charge on any atom is -0.342 e. The second kappa shape index (κ2) is 8.40. The fourth-order valence-electron chi connectivity index (χ4n) is 4.50. The van der Waals surface area contributed by atoms with Gasteiger partial charge in [0.1, 0.15) is 0 Å². The van der Waals surface area contributed by atoms with Crippen molar-refractivity contribution < 1.29 is 4.79 Å². The van der Waals surface area contributed by atoms with Gasteiger partial charge < -0.3 is 5.32 Å². The number of amides is 1. The third-order valence-electron chi connectivity index (χ3n) is 6.20. The molecule has 0 saturated heterocycles. The summed E-state index contributed by atoms with van der Waals surface area (Å²) in [6.07, 6.45) is 7.83. The van der Waals surface area contributed by atoms with E-state index in [1.54, 1.807) is 0 Å². The molecule has 0 bridgehead atoms. The second-order valence-electron chi connectivity index (χ2n) is 8.85. The van der Waals surface area contributed by atoms with Crippen LogP contribution >= 0.6 is 0 Å². The Kier molecular flexibility index (Phi) is 5.70. The van der Waals surface area contributed by atoms with Gasteiger partial charge in [-0.1, -0.05) is 74.2 Å². The van der Waals surface area contributed by atoms with Crippen molar-refractivity contribution in [2.75, 3.05) is 0 Å². The number of nitrogens with zero attached hydrogens (tertiary/aromatic N) is 2. The lowest BCUT2D eigenvalue weighted by atomic mass is 9.94. The van der Waals surface area contributed by atoms with Gasteiger partial charge >= 0.3 is 0 Å².